The van der Waals surface area contributed by atoms with Crippen LogP contribution in [0.1, 0.15) is 12.5 Å². The van der Waals surface area contributed by atoms with Crippen LogP contribution in [0.4, 0.5) is 0 Å². The lowest BCUT2D eigenvalue weighted by atomic mass is 10.1. The summed E-state index contributed by atoms with van der Waals surface area (Å²) in [5, 5.41) is 4.34. The first-order chi connectivity index (χ1) is 8.29. The Morgan fingerprint density at radius 1 is 1.47 bits per heavy atom. The molecular formula is C14H21NS2. The molecule has 0 saturated carbocycles. The Balaban J connectivity index is 1.70. The van der Waals surface area contributed by atoms with Gasteiger partial charge in [-0.2, -0.15) is 11.8 Å². The van der Waals surface area contributed by atoms with Crippen LogP contribution < -0.4 is 5.32 Å². The molecule has 2 unspecified atom stereocenters. The number of nitrogens with one attached hydrogen (secondary N) is 1. The first-order valence-corrected chi connectivity index (χ1v) is 8.51. The second-order valence-electron chi connectivity index (χ2n) is 4.77. The molecule has 2 rings (SSSR count). The van der Waals surface area contributed by atoms with E-state index >= 15 is 0 Å². The summed E-state index contributed by atoms with van der Waals surface area (Å²) in [7, 11) is 0. The summed E-state index contributed by atoms with van der Waals surface area (Å²) in [5.74, 6) is 2.03. The normalized spacial score (nSPS) is 20.2. The quantitative estimate of drug-likeness (QED) is 0.849. The molecule has 1 N–H and O–H groups in total. The summed E-state index contributed by atoms with van der Waals surface area (Å²) >= 11 is 3.97. The van der Waals surface area contributed by atoms with Gasteiger partial charge < -0.3 is 5.32 Å². The highest BCUT2D eigenvalue weighted by Crippen LogP contribution is 2.36. The van der Waals surface area contributed by atoms with Crippen molar-refractivity contribution in [2.75, 3.05) is 25.1 Å². The number of fused-ring (bicyclic) bond motifs is 1. The Hall–Kier alpha value is -0.120. The van der Waals surface area contributed by atoms with Crippen molar-refractivity contribution in [3.63, 3.8) is 0 Å². The molecule has 0 bridgehead atoms. The zero-order valence-electron chi connectivity index (χ0n) is 10.6. The second-order valence-corrected chi connectivity index (χ2v) is 7.02. The molecule has 0 aromatic heterocycles. The van der Waals surface area contributed by atoms with Gasteiger partial charge in [0.2, 0.25) is 0 Å². The van der Waals surface area contributed by atoms with Crippen molar-refractivity contribution in [2.24, 2.45) is 5.92 Å². The van der Waals surface area contributed by atoms with E-state index in [9.17, 15) is 0 Å². The Labute approximate surface area is 113 Å². The molecular weight excluding hydrogens is 246 g/mol. The van der Waals surface area contributed by atoms with Gasteiger partial charge in [0.15, 0.2) is 0 Å². The molecule has 1 aliphatic heterocycles. The number of rotatable bonds is 6. The first-order valence-electron chi connectivity index (χ1n) is 6.24. The largest absolute Gasteiger partial charge is 0.315 e. The van der Waals surface area contributed by atoms with Crippen LogP contribution in [0.3, 0.4) is 0 Å². The highest BCUT2D eigenvalue weighted by molar-refractivity contribution is 8.00. The van der Waals surface area contributed by atoms with Crippen LogP contribution in [0.5, 0.6) is 0 Å². The van der Waals surface area contributed by atoms with E-state index in [-0.39, 0.29) is 0 Å². The average molecular weight is 267 g/mol. The fourth-order valence-corrected chi connectivity index (χ4v) is 4.17. The summed E-state index contributed by atoms with van der Waals surface area (Å²) in [6.07, 6.45) is 3.41. The molecule has 0 aliphatic carbocycles. The molecule has 0 saturated heterocycles. The van der Waals surface area contributed by atoms with Crippen LogP contribution in [0.25, 0.3) is 0 Å². The van der Waals surface area contributed by atoms with E-state index in [1.807, 2.05) is 23.5 Å². The molecule has 0 fully saturated rings. The van der Waals surface area contributed by atoms with E-state index in [2.05, 4.69) is 42.8 Å². The van der Waals surface area contributed by atoms with Gasteiger partial charge in [-0.15, -0.1) is 11.8 Å². The predicted octanol–water partition coefficient (Wildman–Crippen LogP) is 3.29. The predicted molar refractivity (Wildman–Crippen MR) is 80.2 cm³/mol. The Morgan fingerprint density at radius 3 is 3.06 bits per heavy atom. The van der Waals surface area contributed by atoms with Crippen molar-refractivity contribution in [1.29, 1.82) is 0 Å². The van der Waals surface area contributed by atoms with Crippen LogP contribution in [0.15, 0.2) is 29.2 Å². The van der Waals surface area contributed by atoms with E-state index in [0.717, 1.165) is 24.3 Å². The Kier molecular flexibility index (Phi) is 5.26. The highest BCUT2D eigenvalue weighted by Gasteiger charge is 2.21. The van der Waals surface area contributed by atoms with Crippen molar-refractivity contribution in [1.82, 2.24) is 5.32 Å². The van der Waals surface area contributed by atoms with E-state index in [0.29, 0.717) is 0 Å². The third-order valence-corrected chi connectivity index (χ3v) is 5.25. The summed E-state index contributed by atoms with van der Waals surface area (Å²) in [4.78, 5) is 1.48. The lowest BCUT2D eigenvalue weighted by Crippen LogP contribution is -2.29. The van der Waals surface area contributed by atoms with E-state index in [1.165, 1.54) is 22.6 Å². The Morgan fingerprint density at radius 2 is 2.29 bits per heavy atom. The number of hydrogen-bond donors (Lipinski definition) is 1. The molecule has 1 nitrogen and oxygen atoms in total. The zero-order valence-corrected chi connectivity index (χ0v) is 12.2. The third-order valence-electron chi connectivity index (χ3n) is 3.03. The van der Waals surface area contributed by atoms with Gasteiger partial charge in [0, 0.05) is 16.7 Å². The van der Waals surface area contributed by atoms with Gasteiger partial charge in [0.05, 0.1) is 0 Å². The smallest absolute Gasteiger partial charge is 0.0260 e. The average Bonchev–Trinajstić information content (AvgIpc) is 2.71. The van der Waals surface area contributed by atoms with Gasteiger partial charge in [0.25, 0.3) is 0 Å². The summed E-state index contributed by atoms with van der Waals surface area (Å²) in [5.41, 5.74) is 1.53. The fraction of sp³-hybridized carbons (Fsp3) is 0.571. The molecule has 1 aromatic carbocycles. The highest BCUT2D eigenvalue weighted by atomic mass is 32.2. The van der Waals surface area contributed by atoms with Gasteiger partial charge in [-0.05, 0) is 42.5 Å². The van der Waals surface area contributed by atoms with Gasteiger partial charge >= 0.3 is 0 Å². The summed E-state index contributed by atoms with van der Waals surface area (Å²) in [6, 6.07) is 8.80. The van der Waals surface area contributed by atoms with E-state index < -0.39 is 0 Å². The molecule has 1 aromatic rings. The van der Waals surface area contributed by atoms with Crippen molar-refractivity contribution in [3.8, 4) is 0 Å². The molecule has 3 heteroatoms. The molecule has 0 radical (unpaired) electrons. The van der Waals surface area contributed by atoms with Gasteiger partial charge in [-0.1, -0.05) is 25.1 Å². The minimum Gasteiger partial charge on any atom is -0.315 e. The van der Waals surface area contributed by atoms with Crippen LogP contribution in [-0.4, -0.2) is 30.3 Å². The molecule has 0 spiro atoms. The van der Waals surface area contributed by atoms with Crippen LogP contribution in [-0.2, 0) is 6.42 Å². The van der Waals surface area contributed by atoms with Gasteiger partial charge in [0.1, 0.15) is 0 Å². The van der Waals surface area contributed by atoms with E-state index in [4.69, 9.17) is 0 Å². The minimum atomic E-state index is 0.730. The molecule has 2 atom stereocenters. The SMILES string of the molecule is CSCC(C)CNCC1Cc2ccccc2S1. The standard InChI is InChI=1S/C14H21NS2/c1-11(10-16-2)8-15-9-13-7-12-5-3-4-6-14(12)17-13/h3-6,11,13,15H,7-10H2,1-2H3. The maximum absolute atomic E-state index is 3.61. The van der Waals surface area contributed by atoms with Gasteiger partial charge in [-0.3, -0.25) is 0 Å². The van der Waals surface area contributed by atoms with Crippen molar-refractivity contribution < 1.29 is 0 Å². The number of thioether (sulfide) groups is 2. The van der Waals surface area contributed by atoms with Crippen LogP contribution in [0, 0.1) is 5.92 Å². The van der Waals surface area contributed by atoms with Crippen molar-refractivity contribution in [3.05, 3.63) is 29.8 Å². The maximum Gasteiger partial charge on any atom is 0.0260 e. The zero-order chi connectivity index (χ0) is 12.1. The third kappa shape index (κ3) is 3.94. The molecule has 1 aliphatic rings. The van der Waals surface area contributed by atoms with Gasteiger partial charge in [-0.25, -0.2) is 0 Å². The monoisotopic (exact) mass is 267 g/mol. The second kappa shape index (κ2) is 6.72. The van der Waals surface area contributed by atoms with Crippen LogP contribution in [0.2, 0.25) is 0 Å². The number of benzene rings is 1. The fourth-order valence-electron chi connectivity index (χ4n) is 2.20. The number of hydrogen-bond acceptors (Lipinski definition) is 3. The Bertz CT molecular complexity index is 329. The lowest BCUT2D eigenvalue weighted by Gasteiger charge is -2.14. The molecule has 1 heterocycles. The van der Waals surface area contributed by atoms with Crippen molar-refractivity contribution in [2.45, 2.75) is 23.5 Å². The molecule has 17 heavy (non-hydrogen) atoms. The van der Waals surface area contributed by atoms with Crippen molar-refractivity contribution >= 4 is 23.5 Å². The lowest BCUT2D eigenvalue weighted by molar-refractivity contribution is 0.555. The maximum atomic E-state index is 3.61. The first kappa shape index (κ1) is 13.3. The minimum absolute atomic E-state index is 0.730. The molecule has 94 valence electrons. The summed E-state index contributed by atoms with van der Waals surface area (Å²) in [6.45, 7) is 4.60. The van der Waals surface area contributed by atoms with E-state index in [1.54, 1.807) is 0 Å². The molecule has 0 amide bonds. The topological polar surface area (TPSA) is 12.0 Å². The van der Waals surface area contributed by atoms with Crippen LogP contribution >= 0.6 is 23.5 Å². The summed E-state index contributed by atoms with van der Waals surface area (Å²) < 4.78 is 0.